The van der Waals surface area contributed by atoms with Crippen molar-refractivity contribution in [2.24, 2.45) is 0 Å². The Hall–Kier alpha value is -2.94. The average Bonchev–Trinajstić information content (AvgIpc) is 2.47. The fourth-order valence-electron chi connectivity index (χ4n) is 1.46. The van der Waals surface area contributed by atoms with Crippen LogP contribution in [-0.2, 0) is 4.74 Å². The molecule has 2 rings (SSSR count). The molecule has 1 N–H and O–H groups in total. The molecule has 0 saturated carbocycles. The third-order valence-corrected chi connectivity index (χ3v) is 2.34. The number of hydrogen-bond donors (Lipinski definition) is 1. The first-order valence-corrected chi connectivity index (χ1v) is 5.41. The highest BCUT2D eigenvalue weighted by molar-refractivity contribution is 5.87. The van der Waals surface area contributed by atoms with E-state index >= 15 is 0 Å². The minimum Gasteiger partial charge on any atom is -0.464 e. The van der Waals surface area contributed by atoms with Gasteiger partial charge in [-0.25, -0.2) is 9.78 Å². The number of carbonyl (C=O) groups excluding carboxylic acids is 1. The van der Waals surface area contributed by atoms with Gasteiger partial charge in [0.15, 0.2) is 5.69 Å². The van der Waals surface area contributed by atoms with Crippen LogP contribution in [0.3, 0.4) is 0 Å². The molecule has 94 valence electrons. The number of aromatic nitrogens is 2. The van der Waals surface area contributed by atoms with Gasteiger partial charge in [0.25, 0.3) is 0 Å². The topological polar surface area (TPSA) is 87.9 Å². The van der Waals surface area contributed by atoms with E-state index < -0.39 is 5.97 Å². The number of carbonyl (C=O) groups is 1. The Kier molecular flexibility index (Phi) is 3.69. The van der Waals surface area contributed by atoms with E-state index in [0.717, 1.165) is 0 Å². The zero-order valence-corrected chi connectivity index (χ0v) is 10.1. The van der Waals surface area contributed by atoms with Gasteiger partial charge in [-0.3, -0.25) is 4.98 Å². The number of methoxy groups -OCH3 is 1. The number of rotatable bonds is 3. The summed E-state index contributed by atoms with van der Waals surface area (Å²) in [5, 5.41) is 11.9. The van der Waals surface area contributed by atoms with Crippen LogP contribution in [0.1, 0.15) is 16.1 Å². The number of hydrogen-bond acceptors (Lipinski definition) is 6. The number of benzene rings is 1. The number of esters is 1. The smallest absolute Gasteiger partial charge is 0.358 e. The van der Waals surface area contributed by atoms with Crippen LogP contribution in [0, 0.1) is 11.3 Å². The highest BCUT2D eigenvalue weighted by Crippen LogP contribution is 2.18. The van der Waals surface area contributed by atoms with Crippen LogP contribution < -0.4 is 5.32 Å². The summed E-state index contributed by atoms with van der Waals surface area (Å²) in [6.45, 7) is 0. The van der Waals surface area contributed by atoms with E-state index in [4.69, 9.17) is 5.26 Å². The van der Waals surface area contributed by atoms with E-state index in [-0.39, 0.29) is 5.69 Å². The highest BCUT2D eigenvalue weighted by Gasteiger charge is 2.09. The van der Waals surface area contributed by atoms with E-state index in [2.05, 4.69) is 26.1 Å². The maximum absolute atomic E-state index is 11.3. The van der Waals surface area contributed by atoms with Gasteiger partial charge in [0.2, 0.25) is 0 Å². The van der Waals surface area contributed by atoms with Crippen molar-refractivity contribution in [3.8, 4) is 6.07 Å². The molecule has 0 aliphatic carbocycles. The van der Waals surface area contributed by atoms with Gasteiger partial charge in [-0.05, 0) is 12.1 Å². The zero-order chi connectivity index (χ0) is 13.7. The third-order valence-electron chi connectivity index (χ3n) is 2.34. The Balaban J connectivity index is 2.29. The molecule has 6 nitrogen and oxygen atoms in total. The lowest BCUT2D eigenvalue weighted by atomic mass is 10.2. The van der Waals surface area contributed by atoms with Crippen LogP contribution in [-0.4, -0.2) is 23.0 Å². The molecule has 0 atom stereocenters. The summed E-state index contributed by atoms with van der Waals surface area (Å²) >= 11 is 0. The largest absolute Gasteiger partial charge is 0.464 e. The van der Waals surface area contributed by atoms with Crippen molar-refractivity contribution < 1.29 is 9.53 Å². The molecule has 0 amide bonds. The zero-order valence-electron chi connectivity index (χ0n) is 10.1. The minimum absolute atomic E-state index is 0.0990. The lowest BCUT2D eigenvalue weighted by molar-refractivity contribution is 0.0593. The Morgan fingerprint density at radius 3 is 2.89 bits per heavy atom. The summed E-state index contributed by atoms with van der Waals surface area (Å²) in [6, 6.07) is 9.04. The SMILES string of the molecule is COC(=O)c1cncc(Nc2ccccc2C#N)n1. The van der Waals surface area contributed by atoms with Crippen molar-refractivity contribution in [1.29, 1.82) is 5.26 Å². The molecule has 0 unspecified atom stereocenters. The van der Waals surface area contributed by atoms with Crippen LogP contribution in [0.4, 0.5) is 11.5 Å². The van der Waals surface area contributed by atoms with E-state index in [9.17, 15) is 4.79 Å². The van der Waals surface area contributed by atoms with E-state index in [1.807, 2.05) is 0 Å². The highest BCUT2D eigenvalue weighted by atomic mass is 16.5. The normalized spacial score (nSPS) is 9.47. The summed E-state index contributed by atoms with van der Waals surface area (Å²) < 4.78 is 4.56. The van der Waals surface area contributed by atoms with E-state index in [0.29, 0.717) is 17.1 Å². The van der Waals surface area contributed by atoms with Crippen molar-refractivity contribution >= 4 is 17.5 Å². The molecule has 0 saturated heterocycles. The van der Waals surface area contributed by atoms with Gasteiger partial charge in [-0.1, -0.05) is 12.1 Å². The minimum atomic E-state index is -0.565. The first-order valence-electron chi connectivity index (χ1n) is 5.41. The Morgan fingerprint density at radius 1 is 1.37 bits per heavy atom. The van der Waals surface area contributed by atoms with Gasteiger partial charge in [0, 0.05) is 0 Å². The number of para-hydroxylation sites is 1. The van der Waals surface area contributed by atoms with Crippen molar-refractivity contribution in [3.05, 3.63) is 47.9 Å². The quantitative estimate of drug-likeness (QED) is 0.841. The molecule has 1 heterocycles. The lowest BCUT2D eigenvalue weighted by Crippen LogP contribution is -2.07. The van der Waals surface area contributed by atoms with Gasteiger partial charge in [0.05, 0.1) is 30.8 Å². The maximum Gasteiger partial charge on any atom is 0.358 e. The summed E-state index contributed by atoms with van der Waals surface area (Å²) in [7, 11) is 1.27. The second kappa shape index (κ2) is 5.60. The van der Waals surface area contributed by atoms with E-state index in [1.54, 1.807) is 24.3 Å². The molecule has 6 heteroatoms. The van der Waals surface area contributed by atoms with Crippen LogP contribution >= 0.6 is 0 Å². The van der Waals surface area contributed by atoms with Crippen LogP contribution in [0.25, 0.3) is 0 Å². The molecule has 1 aromatic heterocycles. The molecule has 0 aliphatic rings. The number of nitriles is 1. The molecule has 0 fully saturated rings. The molecule has 1 aromatic carbocycles. The standard InChI is InChI=1S/C13H10N4O2/c1-19-13(18)11-7-15-8-12(17-11)16-10-5-3-2-4-9(10)6-14/h2-5,7-8H,1H3,(H,16,17). The second-order valence-corrected chi connectivity index (χ2v) is 3.56. The molecule has 0 aliphatic heterocycles. The van der Waals surface area contributed by atoms with Gasteiger partial charge in [0.1, 0.15) is 11.9 Å². The Bertz CT molecular complexity index is 649. The number of anilines is 2. The predicted molar refractivity (Wildman–Crippen MR) is 67.8 cm³/mol. The maximum atomic E-state index is 11.3. The lowest BCUT2D eigenvalue weighted by Gasteiger charge is -2.07. The molecule has 0 bridgehead atoms. The Morgan fingerprint density at radius 2 is 2.16 bits per heavy atom. The molecule has 2 aromatic rings. The summed E-state index contributed by atoms with van der Waals surface area (Å²) in [5.74, 6) is -0.199. The van der Waals surface area contributed by atoms with Gasteiger partial charge >= 0.3 is 5.97 Å². The summed E-state index contributed by atoms with van der Waals surface area (Å²) in [5.41, 5.74) is 1.18. The van der Waals surface area contributed by atoms with Gasteiger partial charge < -0.3 is 10.1 Å². The van der Waals surface area contributed by atoms with Crippen molar-refractivity contribution in [3.63, 3.8) is 0 Å². The average molecular weight is 254 g/mol. The fourth-order valence-corrected chi connectivity index (χ4v) is 1.46. The summed E-state index contributed by atoms with van der Waals surface area (Å²) in [6.07, 6.45) is 2.77. The molecule has 0 radical (unpaired) electrons. The number of nitrogens with one attached hydrogen (secondary N) is 1. The van der Waals surface area contributed by atoms with E-state index in [1.165, 1.54) is 19.5 Å². The second-order valence-electron chi connectivity index (χ2n) is 3.56. The van der Waals surface area contributed by atoms with Crippen LogP contribution in [0.2, 0.25) is 0 Å². The number of ether oxygens (including phenoxy) is 1. The predicted octanol–water partition coefficient (Wildman–Crippen LogP) is 1.88. The van der Waals surface area contributed by atoms with Crippen LogP contribution in [0.15, 0.2) is 36.7 Å². The monoisotopic (exact) mass is 254 g/mol. The number of nitrogens with zero attached hydrogens (tertiary/aromatic N) is 3. The molecule has 19 heavy (non-hydrogen) atoms. The van der Waals surface area contributed by atoms with Crippen LogP contribution in [0.5, 0.6) is 0 Å². The van der Waals surface area contributed by atoms with Gasteiger partial charge in [-0.15, -0.1) is 0 Å². The van der Waals surface area contributed by atoms with Gasteiger partial charge in [-0.2, -0.15) is 5.26 Å². The van der Waals surface area contributed by atoms with Crippen molar-refractivity contribution in [2.45, 2.75) is 0 Å². The fraction of sp³-hybridized carbons (Fsp3) is 0.0769. The van der Waals surface area contributed by atoms with Crippen molar-refractivity contribution in [1.82, 2.24) is 9.97 Å². The first kappa shape index (κ1) is 12.5. The Labute approximate surface area is 109 Å². The van der Waals surface area contributed by atoms with Crippen molar-refractivity contribution in [2.75, 3.05) is 12.4 Å². The first-order chi connectivity index (χ1) is 9.24. The summed E-state index contributed by atoms with van der Waals surface area (Å²) in [4.78, 5) is 19.3. The molecule has 0 spiro atoms. The molecular weight excluding hydrogens is 244 g/mol. The third kappa shape index (κ3) is 2.84. The molecular formula is C13H10N4O2.